The number of anilines is 1. The molecule has 0 saturated carbocycles. The highest BCUT2D eigenvalue weighted by atomic mass is 16.1. The Bertz CT molecular complexity index is 1140. The molecule has 8 nitrogen and oxygen atoms in total. The summed E-state index contributed by atoms with van der Waals surface area (Å²) in [7, 11) is 0. The number of hydrogen-bond acceptors (Lipinski definition) is 5. The summed E-state index contributed by atoms with van der Waals surface area (Å²) in [5, 5.41) is 7.29. The van der Waals surface area contributed by atoms with Crippen LogP contribution in [0.2, 0.25) is 0 Å². The molecule has 0 aliphatic heterocycles. The molecule has 8 heteroatoms. The van der Waals surface area contributed by atoms with E-state index in [4.69, 9.17) is 0 Å². The van der Waals surface area contributed by atoms with E-state index in [0.29, 0.717) is 29.3 Å². The zero-order valence-electron chi connectivity index (χ0n) is 16.9. The van der Waals surface area contributed by atoms with E-state index in [1.165, 1.54) is 13.0 Å². The predicted molar refractivity (Wildman–Crippen MR) is 110 cm³/mol. The number of nitrogens with one attached hydrogen (secondary N) is 2. The third-order valence-electron chi connectivity index (χ3n) is 4.65. The van der Waals surface area contributed by atoms with Gasteiger partial charge in [0.15, 0.2) is 5.78 Å². The van der Waals surface area contributed by atoms with Gasteiger partial charge in [-0.3, -0.25) is 19.4 Å². The number of carbonyl (C=O) groups is 2. The van der Waals surface area contributed by atoms with Gasteiger partial charge in [-0.1, -0.05) is 12.1 Å². The van der Waals surface area contributed by atoms with Crippen molar-refractivity contribution in [2.45, 2.75) is 40.5 Å². The SMILES string of the molecule is CC(=O)c1cccc(NC(=O)CCc2c(C)nn(-c3nc(C)cc(=O)[nH]3)c2C)c1. The molecule has 29 heavy (non-hydrogen) atoms. The average molecular weight is 393 g/mol. The van der Waals surface area contributed by atoms with Crippen molar-refractivity contribution in [2.24, 2.45) is 0 Å². The van der Waals surface area contributed by atoms with Gasteiger partial charge in [-0.05, 0) is 51.8 Å². The average Bonchev–Trinajstić information content (AvgIpc) is 2.93. The first-order valence-electron chi connectivity index (χ1n) is 9.29. The van der Waals surface area contributed by atoms with Gasteiger partial charge in [-0.25, -0.2) is 9.67 Å². The van der Waals surface area contributed by atoms with Gasteiger partial charge >= 0.3 is 0 Å². The Hall–Kier alpha value is -3.55. The molecule has 0 saturated heterocycles. The summed E-state index contributed by atoms with van der Waals surface area (Å²) in [6.45, 7) is 6.98. The highest BCUT2D eigenvalue weighted by molar-refractivity contribution is 5.97. The number of aryl methyl sites for hydroxylation is 2. The van der Waals surface area contributed by atoms with Crippen LogP contribution in [0.1, 0.15) is 46.3 Å². The van der Waals surface area contributed by atoms with Gasteiger partial charge in [0.05, 0.1) is 5.69 Å². The van der Waals surface area contributed by atoms with Crippen LogP contribution in [-0.2, 0) is 11.2 Å². The molecule has 0 aliphatic carbocycles. The zero-order chi connectivity index (χ0) is 21.1. The highest BCUT2D eigenvalue weighted by Gasteiger charge is 2.16. The van der Waals surface area contributed by atoms with Crippen LogP contribution < -0.4 is 10.9 Å². The number of aromatic nitrogens is 4. The molecule has 0 radical (unpaired) electrons. The van der Waals surface area contributed by atoms with E-state index >= 15 is 0 Å². The van der Waals surface area contributed by atoms with E-state index in [9.17, 15) is 14.4 Å². The van der Waals surface area contributed by atoms with Gasteiger partial charge in [0, 0.05) is 35.1 Å². The third-order valence-corrected chi connectivity index (χ3v) is 4.65. The number of carbonyl (C=O) groups excluding carboxylic acids is 2. The number of H-pyrrole nitrogens is 1. The summed E-state index contributed by atoms with van der Waals surface area (Å²) in [6, 6.07) is 8.28. The zero-order valence-corrected chi connectivity index (χ0v) is 16.9. The second-order valence-electron chi connectivity index (χ2n) is 6.96. The number of benzene rings is 1. The Morgan fingerprint density at radius 2 is 1.93 bits per heavy atom. The molecule has 150 valence electrons. The van der Waals surface area contributed by atoms with E-state index in [0.717, 1.165) is 17.0 Å². The molecular formula is C21H23N5O3. The van der Waals surface area contributed by atoms with Gasteiger partial charge in [-0.2, -0.15) is 5.10 Å². The number of aromatic amines is 1. The second-order valence-corrected chi connectivity index (χ2v) is 6.96. The topological polar surface area (TPSA) is 110 Å². The number of rotatable bonds is 6. The van der Waals surface area contributed by atoms with Gasteiger partial charge in [0.1, 0.15) is 0 Å². The van der Waals surface area contributed by atoms with Crippen LogP contribution in [-0.4, -0.2) is 31.4 Å². The first-order valence-corrected chi connectivity index (χ1v) is 9.29. The molecule has 2 aromatic heterocycles. The smallest absolute Gasteiger partial charge is 0.252 e. The van der Waals surface area contributed by atoms with Gasteiger partial charge in [0.25, 0.3) is 5.56 Å². The number of Topliss-reactive ketones (excluding diaryl/α,β-unsaturated/α-hetero) is 1. The quantitative estimate of drug-likeness (QED) is 0.626. The van der Waals surface area contributed by atoms with Crippen LogP contribution in [0.15, 0.2) is 35.1 Å². The Kier molecular flexibility index (Phi) is 5.72. The van der Waals surface area contributed by atoms with Crippen molar-refractivity contribution in [1.29, 1.82) is 0 Å². The molecule has 1 aromatic carbocycles. The molecule has 2 N–H and O–H groups in total. The molecule has 3 rings (SSSR count). The lowest BCUT2D eigenvalue weighted by Crippen LogP contribution is -2.15. The minimum Gasteiger partial charge on any atom is -0.326 e. The van der Waals surface area contributed by atoms with Crippen molar-refractivity contribution in [3.05, 3.63) is 68.9 Å². The second kappa shape index (κ2) is 8.22. The van der Waals surface area contributed by atoms with Crippen molar-refractivity contribution in [3.8, 4) is 5.95 Å². The summed E-state index contributed by atoms with van der Waals surface area (Å²) >= 11 is 0. The Morgan fingerprint density at radius 3 is 2.62 bits per heavy atom. The summed E-state index contributed by atoms with van der Waals surface area (Å²) in [6.07, 6.45) is 0.751. The molecule has 2 heterocycles. The minimum absolute atomic E-state index is 0.0532. The molecule has 0 unspecified atom stereocenters. The molecule has 0 spiro atoms. The largest absolute Gasteiger partial charge is 0.326 e. The van der Waals surface area contributed by atoms with Crippen molar-refractivity contribution in [2.75, 3.05) is 5.32 Å². The predicted octanol–water partition coefficient (Wildman–Crippen LogP) is 2.65. The summed E-state index contributed by atoms with van der Waals surface area (Å²) in [5.74, 6) is 0.147. The Balaban J connectivity index is 1.73. The third kappa shape index (κ3) is 4.66. The number of ketones is 1. The molecule has 0 aliphatic rings. The number of hydrogen-bond donors (Lipinski definition) is 2. The maximum Gasteiger partial charge on any atom is 0.252 e. The van der Waals surface area contributed by atoms with E-state index in [1.807, 2.05) is 13.8 Å². The molecule has 0 atom stereocenters. The fourth-order valence-electron chi connectivity index (χ4n) is 3.18. The summed E-state index contributed by atoms with van der Waals surface area (Å²) in [4.78, 5) is 42.6. The molecule has 0 bridgehead atoms. The normalized spacial score (nSPS) is 10.8. The fourth-order valence-corrected chi connectivity index (χ4v) is 3.18. The van der Waals surface area contributed by atoms with E-state index < -0.39 is 0 Å². The van der Waals surface area contributed by atoms with E-state index in [1.54, 1.807) is 35.9 Å². The summed E-state index contributed by atoms with van der Waals surface area (Å²) < 4.78 is 1.59. The monoisotopic (exact) mass is 393 g/mol. The maximum atomic E-state index is 12.4. The number of amides is 1. The van der Waals surface area contributed by atoms with Crippen molar-refractivity contribution < 1.29 is 9.59 Å². The standard InChI is InChI=1S/C21H23N5O3/c1-12-10-20(29)24-21(22-12)26-14(3)18(13(2)25-26)8-9-19(28)23-17-7-5-6-16(11-17)15(4)27/h5-7,10-11H,8-9H2,1-4H3,(H,23,28)(H,22,24,29). The Labute approximate surface area is 168 Å². The lowest BCUT2D eigenvalue weighted by Gasteiger charge is -2.07. The molecule has 1 amide bonds. The van der Waals surface area contributed by atoms with Crippen LogP contribution in [0.5, 0.6) is 0 Å². The number of nitrogens with zero attached hydrogens (tertiary/aromatic N) is 3. The van der Waals surface area contributed by atoms with Crippen molar-refractivity contribution in [3.63, 3.8) is 0 Å². The van der Waals surface area contributed by atoms with Crippen LogP contribution >= 0.6 is 0 Å². The molecule has 3 aromatic rings. The van der Waals surface area contributed by atoms with Crippen molar-refractivity contribution >= 4 is 17.4 Å². The van der Waals surface area contributed by atoms with Gasteiger partial charge in [-0.15, -0.1) is 0 Å². The Morgan fingerprint density at radius 1 is 1.17 bits per heavy atom. The van der Waals surface area contributed by atoms with Crippen LogP contribution in [0.4, 0.5) is 5.69 Å². The lowest BCUT2D eigenvalue weighted by atomic mass is 10.1. The van der Waals surface area contributed by atoms with Crippen LogP contribution in [0.25, 0.3) is 5.95 Å². The van der Waals surface area contributed by atoms with Crippen LogP contribution in [0.3, 0.4) is 0 Å². The van der Waals surface area contributed by atoms with Gasteiger partial charge in [0.2, 0.25) is 11.9 Å². The van der Waals surface area contributed by atoms with Crippen LogP contribution in [0, 0.1) is 20.8 Å². The van der Waals surface area contributed by atoms with Gasteiger partial charge < -0.3 is 5.32 Å². The first-order chi connectivity index (χ1) is 13.7. The minimum atomic E-state index is -0.242. The maximum absolute atomic E-state index is 12.4. The van der Waals surface area contributed by atoms with E-state index in [2.05, 4.69) is 20.4 Å². The first kappa shape index (κ1) is 20.2. The fraction of sp³-hybridized carbons (Fsp3) is 0.286. The highest BCUT2D eigenvalue weighted by Crippen LogP contribution is 2.18. The van der Waals surface area contributed by atoms with E-state index in [-0.39, 0.29) is 23.7 Å². The molecule has 0 fully saturated rings. The lowest BCUT2D eigenvalue weighted by molar-refractivity contribution is -0.116. The van der Waals surface area contributed by atoms with Crippen molar-refractivity contribution in [1.82, 2.24) is 19.7 Å². The summed E-state index contributed by atoms with van der Waals surface area (Å²) in [5.41, 5.74) is 4.03. The molecular weight excluding hydrogens is 370 g/mol.